The first-order valence-corrected chi connectivity index (χ1v) is 10.2. The molecule has 1 aliphatic heterocycles. The molecule has 0 aliphatic carbocycles. The largest absolute Gasteiger partial charge is 0.409 e. The van der Waals surface area contributed by atoms with E-state index < -0.39 is 0 Å². The molecule has 6 heteroatoms. The number of nitrogens with one attached hydrogen (secondary N) is 1. The van der Waals surface area contributed by atoms with Crippen molar-refractivity contribution < 1.29 is 4.84 Å². The summed E-state index contributed by atoms with van der Waals surface area (Å²) in [4.78, 5) is 10.7. The first-order valence-electron chi connectivity index (χ1n) is 10.2. The highest BCUT2D eigenvalue weighted by Gasteiger charge is 2.16. The van der Waals surface area contributed by atoms with Crippen LogP contribution in [0.4, 0.5) is 0 Å². The number of aryl methyl sites for hydroxylation is 1. The van der Waals surface area contributed by atoms with Crippen LogP contribution in [0.5, 0.6) is 0 Å². The zero-order valence-corrected chi connectivity index (χ0v) is 16.6. The van der Waals surface area contributed by atoms with Gasteiger partial charge in [-0.15, -0.1) is 0 Å². The lowest BCUT2D eigenvalue weighted by molar-refractivity contribution is 0.107. The van der Waals surface area contributed by atoms with Gasteiger partial charge in [0.15, 0.2) is 0 Å². The maximum atomic E-state index is 6.07. The second-order valence-electron chi connectivity index (χ2n) is 7.66. The number of fused-ring (bicyclic) bond motifs is 1. The Morgan fingerprint density at radius 3 is 2.83 bits per heavy atom. The normalized spacial score (nSPS) is 15.1. The fourth-order valence-electron chi connectivity index (χ4n) is 3.93. The predicted octanol–water partition coefficient (Wildman–Crippen LogP) is 3.76. The zero-order chi connectivity index (χ0) is 19.6. The average molecular weight is 387 g/mol. The van der Waals surface area contributed by atoms with Crippen molar-refractivity contribution in [3.8, 4) is 11.1 Å². The molecule has 29 heavy (non-hydrogen) atoms. The summed E-state index contributed by atoms with van der Waals surface area (Å²) in [6.07, 6.45) is 10.2. The Labute approximate surface area is 170 Å². The maximum absolute atomic E-state index is 6.07. The summed E-state index contributed by atoms with van der Waals surface area (Å²) >= 11 is 0. The van der Waals surface area contributed by atoms with Gasteiger partial charge in [0.05, 0.1) is 17.8 Å². The summed E-state index contributed by atoms with van der Waals surface area (Å²) in [5.41, 5.74) is 6.44. The molecule has 148 valence electrons. The third-order valence-corrected chi connectivity index (χ3v) is 5.74. The molecule has 1 fully saturated rings. The summed E-state index contributed by atoms with van der Waals surface area (Å²) in [5.74, 6) is 0. The van der Waals surface area contributed by atoms with Crippen LogP contribution in [0.3, 0.4) is 0 Å². The maximum Gasteiger partial charge on any atom is 0.140 e. The summed E-state index contributed by atoms with van der Waals surface area (Å²) < 4.78 is 3.92. The molecule has 0 amide bonds. The van der Waals surface area contributed by atoms with Crippen LogP contribution in [-0.4, -0.2) is 32.6 Å². The average Bonchev–Trinajstić information content (AvgIpc) is 3.41. The Morgan fingerprint density at radius 1 is 1.10 bits per heavy atom. The van der Waals surface area contributed by atoms with E-state index in [4.69, 9.17) is 4.84 Å². The standard InChI is InChI=1S/C23H25N5O/c1-17-4-2-3-5-18(17)16-29-28-11-8-22-23(28)12-19(13-25-22)20-14-26-27(15-20)21-6-9-24-10-7-21/h2-5,8,11-15,21,24H,6-7,9-10,16H2,1H3. The third-order valence-electron chi connectivity index (χ3n) is 5.74. The van der Waals surface area contributed by atoms with Crippen molar-refractivity contribution >= 4 is 11.0 Å². The van der Waals surface area contributed by atoms with Gasteiger partial charge in [-0.05, 0) is 56.1 Å². The predicted molar refractivity (Wildman–Crippen MR) is 114 cm³/mol. The van der Waals surface area contributed by atoms with Crippen LogP contribution in [0.15, 0.2) is 61.2 Å². The minimum atomic E-state index is 0.475. The number of nitrogens with zero attached hydrogens (tertiary/aromatic N) is 4. The van der Waals surface area contributed by atoms with Crippen molar-refractivity contribution in [3.05, 3.63) is 72.3 Å². The van der Waals surface area contributed by atoms with E-state index in [9.17, 15) is 0 Å². The fourth-order valence-corrected chi connectivity index (χ4v) is 3.93. The number of piperidine rings is 1. The van der Waals surface area contributed by atoms with Crippen LogP contribution in [0.1, 0.15) is 30.0 Å². The number of pyridine rings is 1. The van der Waals surface area contributed by atoms with E-state index in [1.54, 1.807) is 0 Å². The number of hydrogen-bond acceptors (Lipinski definition) is 4. The highest BCUT2D eigenvalue weighted by atomic mass is 16.7. The smallest absolute Gasteiger partial charge is 0.140 e. The van der Waals surface area contributed by atoms with E-state index in [-0.39, 0.29) is 0 Å². The number of hydrogen-bond donors (Lipinski definition) is 1. The topological polar surface area (TPSA) is 56.9 Å². The third kappa shape index (κ3) is 3.63. The van der Waals surface area contributed by atoms with Crippen molar-refractivity contribution in [2.24, 2.45) is 0 Å². The minimum Gasteiger partial charge on any atom is -0.409 e. The highest BCUT2D eigenvalue weighted by Crippen LogP contribution is 2.25. The van der Waals surface area contributed by atoms with Gasteiger partial charge in [-0.2, -0.15) is 9.83 Å². The second kappa shape index (κ2) is 7.72. The molecule has 0 spiro atoms. The van der Waals surface area contributed by atoms with Crippen LogP contribution in [-0.2, 0) is 6.61 Å². The van der Waals surface area contributed by atoms with Gasteiger partial charge in [0.2, 0.25) is 0 Å². The second-order valence-corrected chi connectivity index (χ2v) is 7.66. The molecule has 6 nitrogen and oxygen atoms in total. The Hall–Kier alpha value is -3.12. The SMILES string of the molecule is Cc1ccccc1COn1ccc2ncc(-c3cnn(C4CCNCC4)c3)cc21. The van der Waals surface area contributed by atoms with Crippen LogP contribution in [0.25, 0.3) is 22.2 Å². The van der Waals surface area contributed by atoms with E-state index in [2.05, 4.69) is 51.4 Å². The molecule has 4 heterocycles. The van der Waals surface area contributed by atoms with Crippen molar-refractivity contribution in [3.63, 3.8) is 0 Å². The van der Waals surface area contributed by atoms with Gasteiger partial charge in [-0.3, -0.25) is 9.67 Å². The first kappa shape index (κ1) is 17.9. The molecule has 1 aliphatic rings. The summed E-state index contributed by atoms with van der Waals surface area (Å²) in [5, 5.41) is 8.02. The Balaban J connectivity index is 1.39. The summed E-state index contributed by atoms with van der Waals surface area (Å²) in [6, 6.07) is 12.9. The monoisotopic (exact) mass is 387 g/mol. The van der Waals surface area contributed by atoms with E-state index in [1.165, 1.54) is 11.1 Å². The molecule has 0 unspecified atom stereocenters. The van der Waals surface area contributed by atoms with Crippen molar-refractivity contribution in [1.29, 1.82) is 0 Å². The molecular formula is C23H25N5O. The van der Waals surface area contributed by atoms with Gasteiger partial charge in [0, 0.05) is 29.7 Å². The van der Waals surface area contributed by atoms with Gasteiger partial charge in [-0.1, -0.05) is 24.3 Å². The number of aromatic nitrogens is 4. The van der Waals surface area contributed by atoms with Gasteiger partial charge in [0.1, 0.15) is 12.1 Å². The van der Waals surface area contributed by atoms with Crippen LogP contribution in [0, 0.1) is 6.92 Å². The Bertz CT molecular complexity index is 1120. The molecule has 0 bridgehead atoms. The van der Waals surface area contributed by atoms with E-state index in [0.717, 1.165) is 48.1 Å². The Kier molecular flexibility index (Phi) is 4.77. The molecule has 0 radical (unpaired) electrons. The molecule has 3 aromatic heterocycles. The van der Waals surface area contributed by atoms with Gasteiger partial charge >= 0.3 is 0 Å². The van der Waals surface area contributed by atoms with E-state index >= 15 is 0 Å². The number of benzene rings is 1. The minimum absolute atomic E-state index is 0.475. The lowest BCUT2D eigenvalue weighted by atomic mass is 10.1. The molecule has 1 N–H and O–H groups in total. The molecule has 1 saturated heterocycles. The molecular weight excluding hydrogens is 362 g/mol. The zero-order valence-electron chi connectivity index (χ0n) is 16.6. The van der Waals surface area contributed by atoms with E-state index in [1.807, 2.05) is 41.5 Å². The molecule has 0 saturated carbocycles. The molecule has 0 atom stereocenters. The fraction of sp³-hybridized carbons (Fsp3) is 0.304. The first-order chi connectivity index (χ1) is 14.3. The van der Waals surface area contributed by atoms with Crippen molar-refractivity contribution in [2.75, 3.05) is 13.1 Å². The van der Waals surface area contributed by atoms with Gasteiger partial charge < -0.3 is 10.2 Å². The quantitative estimate of drug-likeness (QED) is 0.566. The van der Waals surface area contributed by atoms with E-state index in [0.29, 0.717) is 12.6 Å². The number of rotatable bonds is 5. The van der Waals surface area contributed by atoms with Crippen molar-refractivity contribution in [1.82, 2.24) is 24.8 Å². The van der Waals surface area contributed by atoms with Crippen LogP contribution >= 0.6 is 0 Å². The lowest BCUT2D eigenvalue weighted by Gasteiger charge is -2.22. The highest BCUT2D eigenvalue weighted by molar-refractivity contribution is 5.80. The van der Waals surface area contributed by atoms with Gasteiger partial charge in [0.25, 0.3) is 0 Å². The van der Waals surface area contributed by atoms with Gasteiger partial charge in [-0.25, -0.2) is 0 Å². The van der Waals surface area contributed by atoms with Crippen LogP contribution in [0.2, 0.25) is 0 Å². The molecule has 4 aromatic rings. The molecule has 1 aromatic carbocycles. The molecule has 5 rings (SSSR count). The lowest BCUT2D eigenvalue weighted by Crippen LogP contribution is -2.29. The summed E-state index contributed by atoms with van der Waals surface area (Å²) in [6.45, 7) is 4.73. The summed E-state index contributed by atoms with van der Waals surface area (Å²) in [7, 11) is 0. The van der Waals surface area contributed by atoms with Crippen molar-refractivity contribution in [2.45, 2.75) is 32.4 Å². The Morgan fingerprint density at radius 2 is 1.97 bits per heavy atom. The van der Waals surface area contributed by atoms with Crippen LogP contribution < -0.4 is 10.2 Å².